The third kappa shape index (κ3) is 4.07. The Morgan fingerprint density at radius 2 is 2.33 bits per heavy atom. The molecule has 0 saturated carbocycles. The molecule has 100 valence electrons. The van der Waals surface area contributed by atoms with E-state index in [-0.39, 0.29) is 5.91 Å². The zero-order valence-corrected chi connectivity index (χ0v) is 11.7. The van der Waals surface area contributed by atoms with Gasteiger partial charge in [0.1, 0.15) is 0 Å². The average molecular weight is 267 g/mol. The van der Waals surface area contributed by atoms with Gasteiger partial charge < -0.3 is 10.2 Å². The van der Waals surface area contributed by atoms with Crippen molar-refractivity contribution >= 4 is 17.2 Å². The van der Waals surface area contributed by atoms with Crippen molar-refractivity contribution in [1.82, 2.24) is 15.2 Å². The van der Waals surface area contributed by atoms with Crippen LogP contribution in [0.25, 0.3) is 0 Å². The quantitative estimate of drug-likeness (QED) is 0.886. The number of thiazole rings is 1. The van der Waals surface area contributed by atoms with Crippen LogP contribution >= 0.6 is 11.3 Å². The van der Waals surface area contributed by atoms with Gasteiger partial charge in [0, 0.05) is 18.8 Å². The molecular weight excluding hydrogens is 246 g/mol. The lowest BCUT2D eigenvalue weighted by molar-refractivity contribution is -0.130. The molecule has 0 spiro atoms. The van der Waals surface area contributed by atoms with Crippen LogP contribution < -0.4 is 5.32 Å². The maximum atomic E-state index is 12.0. The molecule has 1 aromatic heterocycles. The molecule has 1 amide bonds. The van der Waals surface area contributed by atoms with Crippen LogP contribution in [0.3, 0.4) is 0 Å². The van der Waals surface area contributed by atoms with E-state index in [1.165, 1.54) is 12.8 Å². The molecule has 2 heterocycles. The molecule has 1 aliphatic rings. The predicted molar refractivity (Wildman–Crippen MR) is 73.4 cm³/mol. The molecule has 0 atom stereocenters. The molecule has 0 unspecified atom stereocenters. The number of aromatic nitrogens is 1. The molecule has 2 rings (SSSR count). The fraction of sp³-hybridized carbons (Fsp3) is 0.692. The lowest BCUT2D eigenvalue weighted by atomic mass is 9.93. The number of nitrogens with zero attached hydrogens (tertiary/aromatic N) is 2. The van der Waals surface area contributed by atoms with Crippen LogP contribution in [0.15, 0.2) is 10.9 Å². The second kappa shape index (κ2) is 6.85. The summed E-state index contributed by atoms with van der Waals surface area (Å²) in [7, 11) is 1.87. The van der Waals surface area contributed by atoms with Gasteiger partial charge in [-0.2, -0.15) is 0 Å². The zero-order valence-electron chi connectivity index (χ0n) is 10.9. The number of nitrogens with one attached hydrogen (secondary N) is 1. The lowest BCUT2D eigenvalue weighted by Crippen LogP contribution is -2.30. The Morgan fingerprint density at radius 1 is 1.56 bits per heavy atom. The van der Waals surface area contributed by atoms with Crippen molar-refractivity contribution < 1.29 is 4.79 Å². The van der Waals surface area contributed by atoms with Gasteiger partial charge in [-0.15, -0.1) is 11.3 Å². The topological polar surface area (TPSA) is 45.2 Å². The second-order valence-electron chi connectivity index (χ2n) is 4.96. The number of hydrogen-bond donors (Lipinski definition) is 1. The van der Waals surface area contributed by atoms with Gasteiger partial charge in [-0.25, -0.2) is 4.98 Å². The molecule has 1 aliphatic heterocycles. The van der Waals surface area contributed by atoms with E-state index in [4.69, 9.17) is 0 Å². The van der Waals surface area contributed by atoms with E-state index < -0.39 is 0 Å². The first kappa shape index (κ1) is 13.5. The first-order chi connectivity index (χ1) is 8.75. The van der Waals surface area contributed by atoms with E-state index in [1.54, 1.807) is 16.2 Å². The summed E-state index contributed by atoms with van der Waals surface area (Å²) in [5.41, 5.74) is 2.79. The summed E-state index contributed by atoms with van der Waals surface area (Å²) in [6, 6.07) is 0. The first-order valence-electron chi connectivity index (χ1n) is 6.57. The van der Waals surface area contributed by atoms with E-state index in [1.807, 2.05) is 17.9 Å². The maximum absolute atomic E-state index is 12.0. The van der Waals surface area contributed by atoms with Gasteiger partial charge in [-0.1, -0.05) is 0 Å². The van der Waals surface area contributed by atoms with Gasteiger partial charge in [0.15, 0.2) is 0 Å². The smallest absolute Gasteiger partial charge is 0.222 e. The van der Waals surface area contributed by atoms with Gasteiger partial charge in [-0.3, -0.25) is 4.79 Å². The van der Waals surface area contributed by atoms with Gasteiger partial charge in [0.05, 0.1) is 17.7 Å². The van der Waals surface area contributed by atoms with Crippen molar-refractivity contribution in [2.75, 3.05) is 20.1 Å². The molecule has 0 aromatic carbocycles. The molecule has 1 fully saturated rings. The average Bonchev–Trinajstić information content (AvgIpc) is 2.90. The van der Waals surface area contributed by atoms with Crippen LogP contribution in [0.4, 0.5) is 0 Å². The van der Waals surface area contributed by atoms with Crippen LogP contribution in [-0.4, -0.2) is 35.9 Å². The van der Waals surface area contributed by atoms with Gasteiger partial charge in [-0.05, 0) is 38.3 Å². The number of rotatable bonds is 5. The molecule has 5 heteroatoms. The number of hydrogen-bond acceptors (Lipinski definition) is 4. The molecule has 1 N–H and O–H groups in total. The molecule has 1 aromatic rings. The van der Waals surface area contributed by atoms with Crippen molar-refractivity contribution in [3.05, 3.63) is 16.6 Å². The van der Waals surface area contributed by atoms with Crippen LogP contribution in [0.1, 0.15) is 31.4 Å². The Hall–Kier alpha value is -0.940. The first-order valence-corrected chi connectivity index (χ1v) is 7.51. The Balaban J connectivity index is 1.70. The third-order valence-corrected chi connectivity index (χ3v) is 4.17. The minimum absolute atomic E-state index is 0.238. The number of carbonyl (C=O) groups excluding carboxylic acids is 1. The van der Waals surface area contributed by atoms with E-state index in [0.29, 0.717) is 13.0 Å². The SMILES string of the molecule is CN(Cc1cscn1)C(=O)CCC1CCNCC1. The largest absolute Gasteiger partial charge is 0.340 e. The fourth-order valence-electron chi connectivity index (χ4n) is 2.34. The van der Waals surface area contributed by atoms with E-state index in [2.05, 4.69) is 10.3 Å². The monoisotopic (exact) mass is 267 g/mol. The summed E-state index contributed by atoms with van der Waals surface area (Å²) in [6.45, 7) is 2.84. The highest BCUT2D eigenvalue weighted by atomic mass is 32.1. The number of carbonyl (C=O) groups is 1. The van der Waals surface area contributed by atoms with Crippen LogP contribution in [0.5, 0.6) is 0 Å². The van der Waals surface area contributed by atoms with Crippen LogP contribution in [0.2, 0.25) is 0 Å². The molecule has 0 radical (unpaired) electrons. The van der Waals surface area contributed by atoms with Crippen LogP contribution in [0, 0.1) is 5.92 Å². The van der Waals surface area contributed by atoms with Crippen molar-refractivity contribution in [2.45, 2.75) is 32.2 Å². The standard InChI is InChI=1S/C13H21N3OS/c1-16(8-12-9-18-10-15-12)13(17)3-2-11-4-6-14-7-5-11/h9-11,14H,2-8H2,1H3. The highest BCUT2D eigenvalue weighted by molar-refractivity contribution is 7.07. The molecule has 18 heavy (non-hydrogen) atoms. The number of piperidine rings is 1. The Morgan fingerprint density at radius 3 is 3.00 bits per heavy atom. The summed E-state index contributed by atoms with van der Waals surface area (Å²) in [5, 5.41) is 5.35. The molecule has 0 bridgehead atoms. The van der Waals surface area contributed by atoms with Crippen molar-refractivity contribution in [3.8, 4) is 0 Å². The Labute approximate surface area is 112 Å². The molecular formula is C13H21N3OS. The minimum atomic E-state index is 0.238. The third-order valence-electron chi connectivity index (χ3n) is 3.53. The summed E-state index contributed by atoms with van der Waals surface area (Å²) in [4.78, 5) is 18.0. The van der Waals surface area contributed by atoms with Crippen LogP contribution in [-0.2, 0) is 11.3 Å². The molecule has 1 saturated heterocycles. The summed E-state index contributed by atoms with van der Waals surface area (Å²) in [6.07, 6.45) is 4.12. The van der Waals surface area contributed by atoms with E-state index in [0.717, 1.165) is 31.1 Å². The Bertz CT molecular complexity index is 360. The minimum Gasteiger partial charge on any atom is -0.340 e. The second-order valence-corrected chi connectivity index (χ2v) is 5.68. The predicted octanol–water partition coefficient (Wildman–Crippen LogP) is 1.88. The van der Waals surface area contributed by atoms with E-state index in [9.17, 15) is 4.79 Å². The Kier molecular flexibility index (Phi) is 5.13. The van der Waals surface area contributed by atoms with Gasteiger partial charge >= 0.3 is 0 Å². The highest BCUT2D eigenvalue weighted by Gasteiger charge is 2.16. The fourth-order valence-corrected chi connectivity index (χ4v) is 2.89. The van der Waals surface area contributed by atoms with Crippen molar-refractivity contribution in [3.63, 3.8) is 0 Å². The van der Waals surface area contributed by atoms with E-state index >= 15 is 0 Å². The number of amides is 1. The lowest BCUT2D eigenvalue weighted by Gasteiger charge is -2.23. The summed E-state index contributed by atoms with van der Waals surface area (Å²) in [5.74, 6) is 0.962. The summed E-state index contributed by atoms with van der Waals surface area (Å²) < 4.78 is 0. The normalized spacial score (nSPS) is 16.7. The summed E-state index contributed by atoms with van der Waals surface area (Å²) >= 11 is 1.57. The highest BCUT2D eigenvalue weighted by Crippen LogP contribution is 2.18. The van der Waals surface area contributed by atoms with Gasteiger partial charge in [0.2, 0.25) is 5.91 Å². The zero-order chi connectivity index (χ0) is 12.8. The molecule has 4 nitrogen and oxygen atoms in total. The van der Waals surface area contributed by atoms with Crippen molar-refractivity contribution in [1.29, 1.82) is 0 Å². The van der Waals surface area contributed by atoms with Gasteiger partial charge in [0.25, 0.3) is 0 Å². The maximum Gasteiger partial charge on any atom is 0.222 e. The molecule has 0 aliphatic carbocycles. The van der Waals surface area contributed by atoms with Crippen molar-refractivity contribution in [2.24, 2.45) is 5.92 Å².